The molecule has 5 nitrogen and oxygen atoms in total. The first-order chi connectivity index (χ1) is 11.2. The molecule has 0 aromatic heterocycles. The first kappa shape index (κ1) is 19.2. The van der Waals surface area contributed by atoms with Gasteiger partial charge in [0.2, 0.25) is 15.9 Å². The van der Waals surface area contributed by atoms with Gasteiger partial charge in [-0.25, -0.2) is 8.42 Å². The Morgan fingerprint density at radius 1 is 1.21 bits per heavy atom. The molecule has 0 bridgehead atoms. The van der Waals surface area contributed by atoms with Gasteiger partial charge in [0.05, 0.1) is 4.90 Å². The number of nitrogens with zero attached hydrogens (tertiary/aromatic N) is 1. The van der Waals surface area contributed by atoms with E-state index in [2.05, 4.69) is 11.6 Å². The molecule has 0 radical (unpaired) electrons. The van der Waals surface area contributed by atoms with Crippen molar-refractivity contribution in [3.8, 4) is 0 Å². The smallest absolute Gasteiger partial charge is 0.241 e. The van der Waals surface area contributed by atoms with E-state index in [-0.39, 0.29) is 16.7 Å². The number of hydrogen-bond acceptors (Lipinski definition) is 3. The van der Waals surface area contributed by atoms with Crippen molar-refractivity contribution in [2.75, 3.05) is 13.1 Å². The van der Waals surface area contributed by atoms with Crippen LogP contribution in [-0.4, -0.2) is 38.4 Å². The maximum Gasteiger partial charge on any atom is 0.241 e. The number of piperidine rings is 1. The van der Waals surface area contributed by atoms with Gasteiger partial charge in [-0.2, -0.15) is 4.72 Å². The van der Waals surface area contributed by atoms with Crippen molar-refractivity contribution in [3.05, 3.63) is 29.3 Å². The van der Waals surface area contributed by atoms with Gasteiger partial charge in [-0.05, 0) is 48.9 Å². The first-order valence-electron chi connectivity index (χ1n) is 8.27. The van der Waals surface area contributed by atoms with Gasteiger partial charge in [0.25, 0.3) is 0 Å². The van der Waals surface area contributed by atoms with E-state index in [4.69, 9.17) is 11.6 Å². The lowest BCUT2D eigenvalue weighted by atomic mass is 9.97. The fraction of sp³-hybridized carbons (Fsp3) is 0.588. The Balaban J connectivity index is 2.15. The molecule has 0 aliphatic carbocycles. The minimum absolute atomic E-state index is 0.109. The third-order valence-corrected chi connectivity index (χ3v) is 6.14. The highest BCUT2D eigenvalue weighted by Crippen LogP contribution is 2.20. The minimum atomic E-state index is -3.77. The monoisotopic (exact) mass is 372 g/mol. The number of carbonyl (C=O) groups excluding carboxylic acids is 1. The molecule has 1 heterocycles. The van der Waals surface area contributed by atoms with Gasteiger partial charge in [-0.1, -0.05) is 32.4 Å². The van der Waals surface area contributed by atoms with E-state index < -0.39 is 16.1 Å². The largest absolute Gasteiger partial charge is 0.341 e. The molecule has 2 rings (SSSR count). The summed E-state index contributed by atoms with van der Waals surface area (Å²) in [5.41, 5.74) is 0. The number of halogens is 1. The van der Waals surface area contributed by atoms with E-state index in [1.54, 1.807) is 4.90 Å². The molecule has 0 spiro atoms. The quantitative estimate of drug-likeness (QED) is 0.864. The van der Waals surface area contributed by atoms with Crippen molar-refractivity contribution in [3.63, 3.8) is 0 Å². The topological polar surface area (TPSA) is 66.5 Å². The van der Waals surface area contributed by atoms with Gasteiger partial charge in [0, 0.05) is 18.1 Å². The number of nitrogens with one attached hydrogen (secondary N) is 1. The molecule has 1 N–H and O–H groups in total. The van der Waals surface area contributed by atoms with Crippen LogP contribution in [0.2, 0.25) is 5.02 Å². The normalized spacial score (nSPS) is 18.0. The van der Waals surface area contributed by atoms with Crippen LogP contribution in [-0.2, 0) is 14.8 Å². The molecule has 7 heteroatoms. The zero-order valence-corrected chi connectivity index (χ0v) is 15.9. The summed E-state index contributed by atoms with van der Waals surface area (Å²) in [7, 11) is -3.77. The van der Waals surface area contributed by atoms with E-state index in [0.717, 1.165) is 12.8 Å². The summed E-state index contributed by atoms with van der Waals surface area (Å²) in [5, 5.41) is 0.466. The van der Waals surface area contributed by atoms with Crippen LogP contribution in [0.4, 0.5) is 0 Å². The van der Waals surface area contributed by atoms with E-state index in [0.29, 0.717) is 24.0 Å². The van der Waals surface area contributed by atoms with Gasteiger partial charge in [-0.15, -0.1) is 0 Å². The Bertz CT molecular complexity index is 666. The predicted octanol–water partition coefficient (Wildman–Crippen LogP) is 2.90. The molecule has 0 saturated carbocycles. The maximum absolute atomic E-state index is 12.8. The van der Waals surface area contributed by atoms with E-state index >= 15 is 0 Å². The van der Waals surface area contributed by atoms with E-state index in [9.17, 15) is 13.2 Å². The summed E-state index contributed by atoms with van der Waals surface area (Å²) in [4.78, 5) is 14.7. The highest BCUT2D eigenvalue weighted by Gasteiger charge is 2.32. The van der Waals surface area contributed by atoms with E-state index in [1.165, 1.54) is 24.3 Å². The second-order valence-electron chi connectivity index (χ2n) is 6.80. The second kappa shape index (κ2) is 7.85. The van der Waals surface area contributed by atoms with Gasteiger partial charge in [-0.3, -0.25) is 4.79 Å². The van der Waals surface area contributed by atoms with Crippen LogP contribution < -0.4 is 4.72 Å². The van der Waals surface area contributed by atoms with Crippen LogP contribution in [0.25, 0.3) is 0 Å². The molecule has 134 valence electrons. The van der Waals surface area contributed by atoms with Gasteiger partial charge >= 0.3 is 0 Å². The second-order valence-corrected chi connectivity index (χ2v) is 8.96. The Hall–Kier alpha value is -1.11. The van der Waals surface area contributed by atoms with Gasteiger partial charge in [0.1, 0.15) is 6.04 Å². The Labute approximate surface area is 149 Å². The number of carbonyl (C=O) groups is 1. The minimum Gasteiger partial charge on any atom is -0.341 e. The summed E-state index contributed by atoms with van der Waals surface area (Å²) in [6.45, 7) is 7.24. The van der Waals surface area contributed by atoms with Crippen LogP contribution >= 0.6 is 11.6 Å². The molecule has 1 aliphatic heterocycles. The lowest BCUT2D eigenvalue weighted by molar-refractivity contribution is -0.135. The summed E-state index contributed by atoms with van der Waals surface area (Å²) in [6, 6.07) is 5.16. The standard InChI is InChI=1S/C17H25ClN2O3S/c1-12(2)16(17(21)20-10-8-13(3)9-11-20)19-24(22,23)15-6-4-14(18)5-7-15/h4-7,12-13,16,19H,8-11H2,1-3H3/t16-/m0/s1. The Kier molecular flexibility index (Phi) is 6.28. The van der Waals surface area contributed by atoms with Crippen molar-refractivity contribution in [1.29, 1.82) is 0 Å². The van der Waals surface area contributed by atoms with Crippen LogP contribution in [0, 0.1) is 11.8 Å². The molecule has 1 aliphatic rings. The van der Waals surface area contributed by atoms with Crippen molar-refractivity contribution in [1.82, 2.24) is 9.62 Å². The summed E-state index contributed by atoms with van der Waals surface area (Å²) in [5.74, 6) is 0.325. The molecule has 24 heavy (non-hydrogen) atoms. The highest BCUT2D eigenvalue weighted by atomic mass is 35.5. The Morgan fingerprint density at radius 2 is 1.75 bits per heavy atom. The highest BCUT2D eigenvalue weighted by molar-refractivity contribution is 7.89. The molecule has 1 aromatic carbocycles. The maximum atomic E-state index is 12.8. The summed E-state index contributed by atoms with van der Waals surface area (Å²) >= 11 is 5.81. The van der Waals surface area contributed by atoms with Gasteiger partial charge in [0.15, 0.2) is 0 Å². The lowest BCUT2D eigenvalue weighted by Gasteiger charge is -2.34. The number of benzene rings is 1. The molecular weight excluding hydrogens is 348 g/mol. The first-order valence-corrected chi connectivity index (χ1v) is 10.1. The van der Waals surface area contributed by atoms with Crippen molar-refractivity contribution in [2.24, 2.45) is 11.8 Å². The van der Waals surface area contributed by atoms with Gasteiger partial charge < -0.3 is 4.90 Å². The van der Waals surface area contributed by atoms with Crippen molar-refractivity contribution >= 4 is 27.5 Å². The van der Waals surface area contributed by atoms with Crippen LogP contribution in [0.3, 0.4) is 0 Å². The summed E-state index contributed by atoms with van der Waals surface area (Å²) < 4.78 is 27.7. The van der Waals surface area contributed by atoms with Crippen LogP contribution in [0.1, 0.15) is 33.6 Å². The average molecular weight is 373 g/mol. The molecular formula is C17H25ClN2O3S. The fourth-order valence-corrected chi connectivity index (χ4v) is 4.21. The SMILES string of the molecule is CC1CCN(C(=O)[C@@H](NS(=O)(=O)c2ccc(Cl)cc2)C(C)C)CC1. The summed E-state index contributed by atoms with van der Waals surface area (Å²) in [6.07, 6.45) is 1.92. The van der Waals surface area contributed by atoms with Crippen LogP contribution in [0.15, 0.2) is 29.2 Å². The number of rotatable bonds is 5. The van der Waals surface area contributed by atoms with Crippen molar-refractivity contribution in [2.45, 2.75) is 44.6 Å². The third-order valence-electron chi connectivity index (χ3n) is 4.43. The number of sulfonamides is 1. The average Bonchev–Trinajstić information content (AvgIpc) is 2.53. The fourth-order valence-electron chi connectivity index (χ4n) is 2.75. The third kappa shape index (κ3) is 4.71. The number of amides is 1. The molecule has 1 aromatic rings. The predicted molar refractivity (Wildman–Crippen MR) is 95.4 cm³/mol. The number of likely N-dealkylation sites (tertiary alicyclic amines) is 1. The zero-order valence-electron chi connectivity index (χ0n) is 14.3. The molecule has 1 saturated heterocycles. The molecule has 1 atom stereocenters. The molecule has 0 unspecified atom stereocenters. The molecule has 1 amide bonds. The Morgan fingerprint density at radius 3 is 2.25 bits per heavy atom. The lowest BCUT2D eigenvalue weighted by Crippen LogP contribution is -2.52. The molecule has 1 fully saturated rings. The number of hydrogen-bond donors (Lipinski definition) is 1. The zero-order chi connectivity index (χ0) is 17.9. The van der Waals surface area contributed by atoms with Crippen LogP contribution in [0.5, 0.6) is 0 Å². The van der Waals surface area contributed by atoms with Crippen molar-refractivity contribution < 1.29 is 13.2 Å². The van der Waals surface area contributed by atoms with E-state index in [1.807, 2.05) is 13.8 Å².